The summed E-state index contributed by atoms with van der Waals surface area (Å²) in [6.45, 7) is 0.785. The maximum Gasteiger partial charge on any atom is 0.130 e. The van der Waals surface area contributed by atoms with Crippen LogP contribution in [-0.4, -0.2) is 17.7 Å². The average Bonchev–Trinajstić information content (AvgIpc) is 2.86. The summed E-state index contributed by atoms with van der Waals surface area (Å²) in [4.78, 5) is 2.34. The number of aliphatic hydroxyl groups excluding tert-OH is 1. The second-order valence-electron chi connectivity index (χ2n) is 5.49. The lowest BCUT2D eigenvalue weighted by Crippen LogP contribution is -2.43. The van der Waals surface area contributed by atoms with Crippen molar-refractivity contribution in [3.8, 4) is 0 Å². The van der Waals surface area contributed by atoms with E-state index in [0.717, 1.165) is 18.2 Å². The highest BCUT2D eigenvalue weighted by Gasteiger charge is 2.35. The van der Waals surface area contributed by atoms with E-state index in [4.69, 9.17) is 0 Å². The number of piperidine rings is 1. The van der Waals surface area contributed by atoms with Gasteiger partial charge in [-0.2, -0.15) is 0 Å². The molecule has 2 atom stereocenters. The van der Waals surface area contributed by atoms with Crippen molar-refractivity contribution in [1.29, 1.82) is 0 Å². The van der Waals surface area contributed by atoms with E-state index in [1.54, 1.807) is 6.07 Å². The summed E-state index contributed by atoms with van der Waals surface area (Å²) in [6.07, 6.45) is 6.31. The highest BCUT2D eigenvalue weighted by Crippen LogP contribution is 2.40. The van der Waals surface area contributed by atoms with Crippen LogP contribution in [0.3, 0.4) is 0 Å². The van der Waals surface area contributed by atoms with Gasteiger partial charge in [-0.05, 0) is 43.7 Å². The zero-order valence-corrected chi connectivity index (χ0v) is 10.6. The van der Waals surface area contributed by atoms with Crippen molar-refractivity contribution < 1.29 is 9.50 Å². The normalized spacial score (nSPS) is 27.3. The number of halogens is 1. The first kappa shape index (κ1) is 12.0. The van der Waals surface area contributed by atoms with Gasteiger partial charge in [0.25, 0.3) is 0 Å². The predicted octanol–water partition coefficient (Wildman–Crippen LogP) is 3.09. The molecule has 2 fully saturated rings. The Kier molecular flexibility index (Phi) is 3.25. The number of hydrogen-bond acceptors (Lipinski definition) is 2. The van der Waals surface area contributed by atoms with Gasteiger partial charge in [0.2, 0.25) is 0 Å². The van der Waals surface area contributed by atoms with E-state index < -0.39 is 0 Å². The van der Waals surface area contributed by atoms with Crippen molar-refractivity contribution >= 4 is 5.69 Å². The molecule has 2 unspecified atom stereocenters. The molecule has 1 aliphatic carbocycles. The van der Waals surface area contributed by atoms with Crippen molar-refractivity contribution in [3.63, 3.8) is 0 Å². The number of hydrogen-bond donors (Lipinski definition) is 1. The molecule has 3 rings (SSSR count). The van der Waals surface area contributed by atoms with Crippen LogP contribution >= 0.6 is 0 Å². The molecule has 1 heterocycles. The zero-order chi connectivity index (χ0) is 12.5. The molecule has 1 saturated heterocycles. The minimum absolute atomic E-state index is 0.212. The molecule has 0 spiro atoms. The third-order valence-corrected chi connectivity index (χ3v) is 4.55. The van der Waals surface area contributed by atoms with Crippen LogP contribution < -0.4 is 4.90 Å². The summed E-state index contributed by atoms with van der Waals surface area (Å²) in [5, 5.41) is 9.40. The summed E-state index contributed by atoms with van der Waals surface area (Å²) >= 11 is 0. The van der Waals surface area contributed by atoms with Crippen LogP contribution in [0.25, 0.3) is 0 Å². The number of fused-ring (bicyclic) bond motifs is 1. The number of nitrogens with zero attached hydrogens (tertiary/aromatic N) is 1. The Labute approximate surface area is 107 Å². The van der Waals surface area contributed by atoms with Gasteiger partial charge in [-0.3, -0.25) is 0 Å². The molecule has 1 aromatic carbocycles. The molecule has 0 amide bonds. The van der Waals surface area contributed by atoms with Crippen molar-refractivity contribution in [3.05, 3.63) is 29.6 Å². The standard InChI is InChI=1S/C15H20FNO/c16-13-6-2-8-15(12(13)10-18)17-9-3-5-11-4-1-7-14(11)17/h2,6,8,11,14,18H,1,3-5,7,9-10H2. The van der Waals surface area contributed by atoms with E-state index in [1.165, 1.54) is 38.2 Å². The van der Waals surface area contributed by atoms with Gasteiger partial charge in [0.05, 0.1) is 6.61 Å². The molecule has 98 valence electrons. The zero-order valence-electron chi connectivity index (χ0n) is 10.6. The summed E-state index contributed by atoms with van der Waals surface area (Å²) in [7, 11) is 0. The summed E-state index contributed by atoms with van der Waals surface area (Å²) < 4.78 is 13.8. The minimum Gasteiger partial charge on any atom is -0.391 e. The van der Waals surface area contributed by atoms with Crippen LogP contribution in [0.2, 0.25) is 0 Å². The van der Waals surface area contributed by atoms with Gasteiger partial charge in [0, 0.05) is 23.8 Å². The quantitative estimate of drug-likeness (QED) is 0.870. The maximum absolute atomic E-state index is 13.8. The van der Waals surface area contributed by atoms with Crippen LogP contribution in [0.1, 0.15) is 37.7 Å². The Morgan fingerprint density at radius 3 is 2.89 bits per heavy atom. The van der Waals surface area contributed by atoms with Crippen molar-refractivity contribution in [2.75, 3.05) is 11.4 Å². The van der Waals surface area contributed by atoms with Crippen LogP contribution in [0, 0.1) is 11.7 Å². The molecule has 0 aromatic heterocycles. The number of benzene rings is 1. The smallest absolute Gasteiger partial charge is 0.130 e. The number of rotatable bonds is 2. The molecule has 1 aliphatic heterocycles. The topological polar surface area (TPSA) is 23.5 Å². The highest BCUT2D eigenvalue weighted by molar-refractivity contribution is 5.55. The largest absolute Gasteiger partial charge is 0.391 e. The Hall–Kier alpha value is -1.09. The van der Waals surface area contributed by atoms with Gasteiger partial charge in [0.1, 0.15) is 5.82 Å². The Balaban J connectivity index is 1.96. The number of anilines is 1. The summed E-state index contributed by atoms with van der Waals surface area (Å²) in [6, 6.07) is 5.70. The number of aliphatic hydroxyl groups is 1. The lowest BCUT2D eigenvalue weighted by molar-refractivity contribution is 0.274. The van der Waals surface area contributed by atoms with Gasteiger partial charge in [-0.25, -0.2) is 4.39 Å². The van der Waals surface area contributed by atoms with Crippen molar-refractivity contribution in [2.24, 2.45) is 5.92 Å². The lowest BCUT2D eigenvalue weighted by atomic mass is 9.91. The Bertz CT molecular complexity index is 435. The van der Waals surface area contributed by atoms with Gasteiger partial charge < -0.3 is 10.0 Å². The first-order chi connectivity index (χ1) is 8.81. The molecular weight excluding hydrogens is 229 g/mol. The lowest BCUT2D eigenvalue weighted by Gasteiger charge is -2.40. The molecule has 3 heteroatoms. The monoisotopic (exact) mass is 249 g/mol. The highest BCUT2D eigenvalue weighted by atomic mass is 19.1. The Morgan fingerprint density at radius 1 is 1.22 bits per heavy atom. The third kappa shape index (κ3) is 1.91. The van der Waals surface area contributed by atoms with E-state index in [-0.39, 0.29) is 12.4 Å². The third-order valence-electron chi connectivity index (χ3n) is 4.55. The van der Waals surface area contributed by atoms with Crippen molar-refractivity contribution in [2.45, 2.75) is 44.8 Å². The van der Waals surface area contributed by atoms with Crippen LogP contribution in [0.5, 0.6) is 0 Å². The summed E-state index contributed by atoms with van der Waals surface area (Å²) in [5.74, 6) is 0.490. The van der Waals surface area contributed by atoms with E-state index in [1.807, 2.05) is 6.07 Å². The van der Waals surface area contributed by atoms with Gasteiger partial charge >= 0.3 is 0 Å². The summed E-state index contributed by atoms with van der Waals surface area (Å²) in [5.41, 5.74) is 1.37. The molecule has 18 heavy (non-hydrogen) atoms. The van der Waals surface area contributed by atoms with Gasteiger partial charge in [-0.15, -0.1) is 0 Å². The maximum atomic E-state index is 13.8. The van der Waals surface area contributed by atoms with Gasteiger partial charge in [-0.1, -0.05) is 12.5 Å². The van der Waals surface area contributed by atoms with Crippen molar-refractivity contribution in [1.82, 2.24) is 0 Å². The van der Waals surface area contributed by atoms with E-state index in [0.29, 0.717) is 11.6 Å². The van der Waals surface area contributed by atoms with Gasteiger partial charge in [0.15, 0.2) is 0 Å². The fourth-order valence-corrected chi connectivity index (χ4v) is 3.73. The molecule has 1 aromatic rings. The molecule has 1 N–H and O–H groups in total. The molecule has 2 aliphatic rings. The average molecular weight is 249 g/mol. The SMILES string of the molecule is OCc1c(F)cccc1N1CCCC2CCCC21. The first-order valence-electron chi connectivity index (χ1n) is 6.96. The van der Waals surface area contributed by atoms with Crippen LogP contribution in [0.15, 0.2) is 18.2 Å². The van der Waals surface area contributed by atoms with Crippen LogP contribution in [0.4, 0.5) is 10.1 Å². The molecule has 0 bridgehead atoms. The minimum atomic E-state index is -0.282. The van der Waals surface area contributed by atoms with E-state index in [9.17, 15) is 9.50 Å². The van der Waals surface area contributed by atoms with E-state index >= 15 is 0 Å². The second-order valence-corrected chi connectivity index (χ2v) is 5.49. The first-order valence-corrected chi connectivity index (χ1v) is 6.96. The molecular formula is C15H20FNO. The molecule has 0 radical (unpaired) electrons. The van der Waals surface area contributed by atoms with E-state index in [2.05, 4.69) is 4.90 Å². The molecule has 1 saturated carbocycles. The van der Waals surface area contributed by atoms with Crippen LogP contribution in [-0.2, 0) is 6.61 Å². The fourth-order valence-electron chi connectivity index (χ4n) is 3.73. The fraction of sp³-hybridized carbons (Fsp3) is 0.600. The Morgan fingerprint density at radius 2 is 2.06 bits per heavy atom. The predicted molar refractivity (Wildman–Crippen MR) is 70.0 cm³/mol. The second kappa shape index (κ2) is 4.88. The molecule has 2 nitrogen and oxygen atoms in total.